The maximum atomic E-state index is 13.0. The molecule has 1 aromatic rings. The molecule has 132 valence electrons. The Balaban J connectivity index is 1.34. The van der Waals surface area contributed by atoms with E-state index in [-0.39, 0.29) is 6.04 Å². The minimum absolute atomic E-state index is 0.0456. The number of piperidine rings is 1. The van der Waals surface area contributed by atoms with Crippen LogP contribution < -0.4 is 5.32 Å². The molecule has 1 N–H and O–H groups in total. The monoisotopic (exact) mass is 332 g/mol. The van der Waals surface area contributed by atoms with E-state index in [1.807, 2.05) is 6.92 Å². The summed E-state index contributed by atoms with van der Waals surface area (Å²) in [6, 6.07) is 0.625. The minimum atomic E-state index is 0.0456. The topological polar surface area (TPSA) is 71.3 Å². The van der Waals surface area contributed by atoms with Gasteiger partial charge in [-0.1, -0.05) is 18.0 Å². The molecule has 3 fully saturated rings. The maximum absolute atomic E-state index is 13.0. The second-order valence-electron chi connectivity index (χ2n) is 7.83. The normalized spacial score (nSPS) is 33.5. The molecule has 2 saturated heterocycles. The lowest BCUT2D eigenvalue weighted by Gasteiger charge is -2.34. The van der Waals surface area contributed by atoms with Gasteiger partial charge in [-0.15, -0.1) is 0 Å². The third-order valence-corrected chi connectivity index (χ3v) is 6.03. The molecule has 6 heteroatoms. The molecular formula is C18H28N4O2. The number of hydrogen-bond donors (Lipinski definition) is 1. The van der Waals surface area contributed by atoms with Gasteiger partial charge in [-0.05, 0) is 43.9 Å². The average Bonchev–Trinajstić information content (AvgIpc) is 3.20. The van der Waals surface area contributed by atoms with Crippen molar-refractivity contribution in [3.63, 3.8) is 0 Å². The zero-order valence-electron chi connectivity index (χ0n) is 14.5. The van der Waals surface area contributed by atoms with Crippen LogP contribution in [-0.2, 0) is 11.2 Å². The Morgan fingerprint density at radius 3 is 2.96 bits per heavy atom. The van der Waals surface area contributed by atoms with Crippen LogP contribution in [-0.4, -0.2) is 46.1 Å². The Kier molecular flexibility index (Phi) is 4.57. The van der Waals surface area contributed by atoms with E-state index in [9.17, 15) is 4.79 Å². The van der Waals surface area contributed by atoms with Gasteiger partial charge >= 0.3 is 0 Å². The molecule has 0 aromatic carbocycles. The van der Waals surface area contributed by atoms with Crippen molar-refractivity contribution in [2.75, 3.05) is 13.1 Å². The van der Waals surface area contributed by atoms with Crippen LogP contribution in [0.25, 0.3) is 0 Å². The first-order valence-electron chi connectivity index (χ1n) is 9.53. The first kappa shape index (κ1) is 16.1. The highest BCUT2D eigenvalue weighted by Gasteiger charge is 2.40. The molecule has 1 amide bonds. The molecule has 4 atom stereocenters. The van der Waals surface area contributed by atoms with Gasteiger partial charge in [0, 0.05) is 32.5 Å². The summed E-state index contributed by atoms with van der Waals surface area (Å²) >= 11 is 0. The number of fused-ring (bicyclic) bond motifs is 1. The van der Waals surface area contributed by atoms with Gasteiger partial charge in [0.25, 0.3) is 0 Å². The number of carbonyl (C=O) groups is 1. The van der Waals surface area contributed by atoms with Crippen LogP contribution in [0.15, 0.2) is 4.52 Å². The number of nitrogens with one attached hydrogen (secondary N) is 1. The summed E-state index contributed by atoms with van der Waals surface area (Å²) in [5.41, 5.74) is 0. The largest absolute Gasteiger partial charge is 0.341 e. The van der Waals surface area contributed by atoms with Gasteiger partial charge in [0.05, 0.1) is 6.04 Å². The quantitative estimate of drug-likeness (QED) is 0.917. The summed E-state index contributed by atoms with van der Waals surface area (Å²) < 4.78 is 5.06. The van der Waals surface area contributed by atoms with Crippen molar-refractivity contribution < 1.29 is 9.32 Å². The van der Waals surface area contributed by atoms with Gasteiger partial charge in [-0.3, -0.25) is 4.79 Å². The molecule has 1 aliphatic carbocycles. The molecule has 2 aliphatic heterocycles. The fraction of sp³-hybridized carbons (Fsp3) is 0.833. The lowest BCUT2D eigenvalue weighted by Crippen LogP contribution is -2.49. The molecule has 0 radical (unpaired) electrons. The molecule has 0 bridgehead atoms. The smallest absolute Gasteiger partial charge is 0.239 e. The van der Waals surface area contributed by atoms with E-state index in [1.54, 1.807) is 0 Å². The zero-order valence-corrected chi connectivity index (χ0v) is 14.5. The number of hydrogen-bond acceptors (Lipinski definition) is 5. The van der Waals surface area contributed by atoms with Gasteiger partial charge in [0.1, 0.15) is 0 Å². The number of amides is 1. The van der Waals surface area contributed by atoms with Crippen LogP contribution >= 0.6 is 0 Å². The summed E-state index contributed by atoms with van der Waals surface area (Å²) in [6.45, 7) is 3.55. The predicted molar refractivity (Wildman–Crippen MR) is 89.3 cm³/mol. The van der Waals surface area contributed by atoms with Crippen LogP contribution in [0.2, 0.25) is 0 Å². The summed E-state index contributed by atoms with van der Waals surface area (Å²) in [6.07, 6.45) is 9.24. The van der Waals surface area contributed by atoms with Crippen molar-refractivity contribution in [3.05, 3.63) is 11.7 Å². The van der Waals surface area contributed by atoms with E-state index in [4.69, 9.17) is 4.52 Å². The highest BCUT2D eigenvalue weighted by atomic mass is 16.5. The molecule has 4 rings (SSSR count). The molecule has 0 spiro atoms. The van der Waals surface area contributed by atoms with Gasteiger partial charge < -0.3 is 14.7 Å². The van der Waals surface area contributed by atoms with Gasteiger partial charge in [0.15, 0.2) is 5.82 Å². The third kappa shape index (κ3) is 3.34. The molecule has 1 saturated carbocycles. The SMILES string of the molecule is Cc1nc(C[C@@H]2CCCN(C(=O)[C@@H]3C[C@H]4CCCC[C@H]4N3)C2)no1. The van der Waals surface area contributed by atoms with E-state index in [0.717, 1.165) is 50.5 Å². The Morgan fingerprint density at radius 1 is 1.29 bits per heavy atom. The molecule has 3 aliphatic rings. The van der Waals surface area contributed by atoms with Crippen LogP contribution in [0, 0.1) is 18.8 Å². The van der Waals surface area contributed by atoms with E-state index in [1.165, 1.54) is 25.7 Å². The lowest BCUT2D eigenvalue weighted by atomic mass is 9.85. The lowest BCUT2D eigenvalue weighted by molar-refractivity contribution is -0.135. The van der Waals surface area contributed by atoms with Crippen molar-refractivity contribution in [1.29, 1.82) is 0 Å². The fourth-order valence-corrected chi connectivity index (χ4v) is 4.85. The van der Waals surface area contributed by atoms with Crippen molar-refractivity contribution in [2.24, 2.45) is 11.8 Å². The fourth-order valence-electron chi connectivity index (χ4n) is 4.85. The van der Waals surface area contributed by atoms with Crippen LogP contribution in [0.3, 0.4) is 0 Å². The third-order valence-electron chi connectivity index (χ3n) is 6.03. The first-order valence-corrected chi connectivity index (χ1v) is 9.53. The number of aryl methyl sites for hydroxylation is 1. The van der Waals surface area contributed by atoms with E-state index < -0.39 is 0 Å². The second-order valence-corrected chi connectivity index (χ2v) is 7.83. The Bertz CT molecular complexity index is 573. The van der Waals surface area contributed by atoms with E-state index in [0.29, 0.717) is 23.8 Å². The van der Waals surface area contributed by atoms with Crippen molar-refractivity contribution in [3.8, 4) is 0 Å². The number of rotatable bonds is 3. The molecule has 6 nitrogen and oxygen atoms in total. The van der Waals surface area contributed by atoms with Crippen LogP contribution in [0.5, 0.6) is 0 Å². The number of likely N-dealkylation sites (tertiary alicyclic amines) is 1. The van der Waals surface area contributed by atoms with Crippen LogP contribution in [0.1, 0.15) is 56.7 Å². The summed E-state index contributed by atoms with van der Waals surface area (Å²) in [7, 11) is 0. The Hall–Kier alpha value is -1.43. The highest BCUT2D eigenvalue weighted by molar-refractivity contribution is 5.82. The van der Waals surface area contributed by atoms with Crippen molar-refractivity contribution in [1.82, 2.24) is 20.4 Å². The molecular weight excluding hydrogens is 304 g/mol. The second kappa shape index (κ2) is 6.82. The van der Waals surface area contributed by atoms with E-state index in [2.05, 4.69) is 20.4 Å². The Morgan fingerprint density at radius 2 is 2.17 bits per heavy atom. The average molecular weight is 332 g/mol. The van der Waals surface area contributed by atoms with Crippen molar-refractivity contribution >= 4 is 5.91 Å². The summed E-state index contributed by atoms with van der Waals surface area (Å²) in [5, 5.41) is 7.63. The zero-order chi connectivity index (χ0) is 16.5. The van der Waals surface area contributed by atoms with Crippen LogP contribution in [0.4, 0.5) is 0 Å². The molecule has 3 heterocycles. The Labute approximate surface area is 143 Å². The molecule has 1 aromatic heterocycles. The predicted octanol–water partition coefficient (Wildman–Crippen LogP) is 2.08. The number of nitrogens with zero attached hydrogens (tertiary/aromatic N) is 3. The first-order chi connectivity index (χ1) is 11.7. The summed E-state index contributed by atoms with van der Waals surface area (Å²) in [4.78, 5) is 19.3. The number of aromatic nitrogens is 2. The molecule has 24 heavy (non-hydrogen) atoms. The minimum Gasteiger partial charge on any atom is -0.341 e. The maximum Gasteiger partial charge on any atom is 0.239 e. The summed E-state index contributed by atoms with van der Waals surface area (Å²) in [5.74, 6) is 2.88. The standard InChI is InChI=1S/C18H28N4O2/c1-12-19-17(21-24-12)9-13-5-4-8-22(11-13)18(23)16-10-14-6-2-3-7-15(14)20-16/h13-16,20H,2-11H2,1H3/t13-,14+,15+,16-/m0/s1. The molecule has 0 unspecified atom stereocenters. The van der Waals surface area contributed by atoms with Crippen molar-refractivity contribution in [2.45, 2.75) is 70.4 Å². The highest BCUT2D eigenvalue weighted by Crippen LogP contribution is 2.34. The van der Waals surface area contributed by atoms with Gasteiger partial charge in [0.2, 0.25) is 11.8 Å². The van der Waals surface area contributed by atoms with E-state index >= 15 is 0 Å². The number of carbonyl (C=O) groups excluding carboxylic acids is 1. The van der Waals surface area contributed by atoms with Gasteiger partial charge in [-0.25, -0.2) is 0 Å². The van der Waals surface area contributed by atoms with Gasteiger partial charge in [-0.2, -0.15) is 4.98 Å².